The number of carbonyl (C=O) groups is 1. The molecule has 0 aromatic carbocycles. The van der Waals surface area contributed by atoms with E-state index in [0.717, 1.165) is 6.42 Å². The lowest BCUT2D eigenvalue weighted by Gasteiger charge is -2.33. The summed E-state index contributed by atoms with van der Waals surface area (Å²) in [6.45, 7) is 2.55. The molecule has 1 fully saturated rings. The van der Waals surface area contributed by atoms with Gasteiger partial charge in [0, 0.05) is 14.0 Å². The Morgan fingerprint density at radius 3 is 3.11 bits per heavy atom. The molecular formula is C13H18O5. The molecule has 0 amide bonds. The van der Waals surface area contributed by atoms with Crippen LogP contribution in [0.25, 0.3) is 0 Å². The molecule has 5 heteroatoms. The van der Waals surface area contributed by atoms with Gasteiger partial charge in [0.2, 0.25) is 0 Å². The lowest BCUT2D eigenvalue weighted by atomic mass is 10.1. The molecule has 0 aromatic rings. The van der Waals surface area contributed by atoms with Crippen LogP contribution < -0.4 is 0 Å². The molecule has 0 spiro atoms. The van der Waals surface area contributed by atoms with E-state index in [4.69, 9.17) is 18.9 Å². The fourth-order valence-electron chi connectivity index (χ4n) is 2.08. The highest BCUT2D eigenvalue weighted by Crippen LogP contribution is 2.30. The van der Waals surface area contributed by atoms with E-state index in [2.05, 4.69) is 0 Å². The summed E-state index contributed by atoms with van der Waals surface area (Å²) in [6.07, 6.45) is 5.95. The van der Waals surface area contributed by atoms with Crippen LogP contribution in [0, 0.1) is 5.92 Å². The van der Waals surface area contributed by atoms with Crippen LogP contribution in [-0.4, -0.2) is 38.7 Å². The Kier molecular flexibility index (Phi) is 4.52. The topological polar surface area (TPSA) is 54.0 Å². The average molecular weight is 254 g/mol. The molecule has 5 nitrogen and oxygen atoms in total. The van der Waals surface area contributed by atoms with Crippen LogP contribution in [0.2, 0.25) is 0 Å². The number of hydrogen-bond acceptors (Lipinski definition) is 5. The first-order valence-corrected chi connectivity index (χ1v) is 6.03. The summed E-state index contributed by atoms with van der Waals surface area (Å²) < 4.78 is 21.6. The fourth-order valence-corrected chi connectivity index (χ4v) is 2.08. The minimum absolute atomic E-state index is 0.0290. The van der Waals surface area contributed by atoms with Crippen molar-refractivity contribution in [2.24, 2.45) is 5.92 Å². The van der Waals surface area contributed by atoms with Gasteiger partial charge in [-0.3, -0.25) is 4.79 Å². The molecule has 3 unspecified atom stereocenters. The molecule has 1 saturated heterocycles. The highest BCUT2D eigenvalue weighted by molar-refractivity contribution is 5.67. The van der Waals surface area contributed by atoms with Gasteiger partial charge in [0.05, 0.1) is 25.2 Å². The number of esters is 1. The van der Waals surface area contributed by atoms with Crippen molar-refractivity contribution in [3.63, 3.8) is 0 Å². The predicted octanol–water partition coefficient (Wildman–Crippen LogP) is 1.40. The van der Waals surface area contributed by atoms with Crippen molar-refractivity contribution in [1.82, 2.24) is 0 Å². The minimum atomic E-state index is -0.414. The zero-order valence-electron chi connectivity index (χ0n) is 10.6. The Morgan fingerprint density at radius 1 is 1.56 bits per heavy atom. The molecular weight excluding hydrogens is 236 g/mol. The third-order valence-corrected chi connectivity index (χ3v) is 2.86. The lowest BCUT2D eigenvalue weighted by molar-refractivity contribution is -0.234. The van der Waals surface area contributed by atoms with Crippen molar-refractivity contribution in [3.8, 4) is 0 Å². The van der Waals surface area contributed by atoms with Gasteiger partial charge in [0.15, 0.2) is 6.29 Å². The van der Waals surface area contributed by atoms with Crippen molar-refractivity contribution >= 4 is 5.97 Å². The van der Waals surface area contributed by atoms with E-state index in [-0.39, 0.29) is 18.0 Å². The number of ether oxygens (including phenoxy) is 4. The van der Waals surface area contributed by atoms with Crippen LogP contribution in [0.3, 0.4) is 0 Å². The van der Waals surface area contributed by atoms with Gasteiger partial charge in [-0.2, -0.15) is 0 Å². The first-order valence-electron chi connectivity index (χ1n) is 6.03. The Bertz CT molecular complexity index is 358. The van der Waals surface area contributed by atoms with Crippen LogP contribution in [0.15, 0.2) is 24.0 Å². The highest BCUT2D eigenvalue weighted by Gasteiger charge is 2.33. The Morgan fingerprint density at radius 2 is 2.39 bits per heavy atom. The van der Waals surface area contributed by atoms with Crippen molar-refractivity contribution in [2.45, 2.75) is 25.7 Å². The number of methoxy groups -OCH3 is 1. The van der Waals surface area contributed by atoms with Crippen LogP contribution in [0.1, 0.15) is 13.3 Å². The zero-order chi connectivity index (χ0) is 13.0. The summed E-state index contributed by atoms with van der Waals surface area (Å²) in [5, 5.41) is 0. The average Bonchev–Trinajstić information content (AvgIpc) is 2.77. The van der Waals surface area contributed by atoms with E-state index < -0.39 is 6.29 Å². The van der Waals surface area contributed by atoms with E-state index in [1.165, 1.54) is 6.92 Å². The Hall–Kier alpha value is -1.17. The van der Waals surface area contributed by atoms with Crippen LogP contribution in [0.4, 0.5) is 0 Å². The summed E-state index contributed by atoms with van der Waals surface area (Å²) in [6, 6.07) is 0. The fraction of sp³-hybridized carbons (Fsp3) is 0.615. The molecule has 2 rings (SSSR count). The summed E-state index contributed by atoms with van der Waals surface area (Å²) in [4.78, 5) is 11.0. The van der Waals surface area contributed by atoms with Gasteiger partial charge in [0.1, 0.15) is 5.76 Å². The lowest BCUT2D eigenvalue weighted by Crippen LogP contribution is -2.39. The second kappa shape index (κ2) is 6.13. The maximum Gasteiger partial charge on any atom is 0.307 e. The maximum absolute atomic E-state index is 11.0. The van der Waals surface area contributed by atoms with Gasteiger partial charge in [-0.25, -0.2) is 0 Å². The number of allylic oxidation sites excluding steroid dienone is 2. The van der Waals surface area contributed by atoms with E-state index >= 15 is 0 Å². The SMILES string of the molecule is COCC1CCOC(C2C=CC=C2OC(C)=O)O1. The van der Waals surface area contributed by atoms with Gasteiger partial charge in [-0.15, -0.1) is 0 Å². The number of hydrogen-bond donors (Lipinski definition) is 0. The molecule has 0 saturated carbocycles. The molecule has 0 radical (unpaired) electrons. The molecule has 0 aromatic heterocycles. The largest absolute Gasteiger partial charge is 0.430 e. The second-order valence-corrected chi connectivity index (χ2v) is 4.31. The smallest absolute Gasteiger partial charge is 0.307 e. The zero-order valence-corrected chi connectivity index (χ0v) is 10.6. The van der Waals surface area contributed by atoms with E-state index in [9.17, 15) is 4.79 Å². The van der Waals surface area contributed by atoms with Gasteiger partial charge in [-0.05, 0) is 12.5 Å². The first-order chi connectivity index (χ1) is 8.70. The molecule has 18 heavy (non-hydrogen) atoms. The van der Waals surface area contributed by atoms with Gasteiger partial charge >= 0.3 is 5.97 Å². The van der Waals surface area contributed by atoms with Crippen molar-refractivity contribution in [3.05, 3.63) is 24.0 Å². The standard InChI is InChI=1S/C13H18O5/c1-9(14)17-12-5-3-4-11(12)13-16-7-6-10(18-13)8-15-2/h3-5,10-11,13H,6-8H2,1-2H3. The summed E-state index contributed by atoms with van der Waals surface area (Å²) >= 11 is 0. The second-order valence-electron chi connectivity index (χ2n) is 4.31. The predicted molar refractivity (Wildman–Crippen MR) is 63.6 cm³/mol. The van der Waals surface area contributed by atoms with Crippen LogP contribution in [-0.2, 0) is 23.7 Å². The number of carbonyl (C=O) groups excluding carboxylic acids is 1. The molecule has 0 N–H and O–H groups in total. The van der Waals surface area contributed by atoms with E-state index in [1.807, 2.05) is 12.2 Å². The van der Waals surface area contributed by atoms with E-state index in [1.54, 1.807) is 13.2 Å². The molecule has 0 bridgehead atoms. The van der Waals surface area contributed by atoms with Gasteiger partial charge in [-0.1, -0.05) is 12.2 Å². The Labute approximate surface area is 106 Å². The van der Waals surface area contributed by atoms with Crippen molar-refractivity contribution < 1.29 is 23.7 Å². The monoisotopic (exact) mass is 254 g/mol. The molecule has 100 valence electrons. The number of rotatable bonds is 4. The van der Waals surface area contributed by atoms with Gasteiger partial charge in [0.25, 0.3) is 0 Å². The summed E-state index contributed by atoms with van der Waals surface area (Å²) in [5.74, 6) is 0.0818. The van der Waals surface area contributed by atoms with Crippen molar-refractivity contribution in [2.75, 3.05) is 20.3 Å². The minimum Gasteiger partial charge on any atom is -0.430 e. The molecule has 1 aliphatic carbocycles. The third kappa shape index (κ3) is 3.19. The molecule has 3 atom stereocenters. The molecule has 1 heterocycles. The van der Waals surface area contributed by atoms with Gasteiger partial charge < -0.3 is 18.9 Å². The summed E-state index contributed by atoms with van der Waals surface area (Å²) in [5.41, 5.74) is 0. The summed E-state index contributed by atoms with van der Waals surface area (Å²) in [7, 11) is 1.65. The maximum atomic E-state index is 11.0. The quantitative estimate of drug-likeness (QED) is 0.710. The van der Waals surface area contributed by atoms with E-state index in [0.29, 0.717) is 19.0 Å². The van der Waals surface area contributed by atoms with Crippen LogP contribution in [0.5, 0.6) is 0 Å². The van der Waals surface area contributed by atoms with Crippen molar-refractivity contribution in [1.29, 1.82) is 0 Å². The molecule has 2 aliphatic rings. The normalized spacial score (nSPS) is 31.2. The highest BCUT2D eigenvalue weighted by atomic mass is 16.7. The first kappa shape index (κ1) is 13.3. The Balaban J connectivity index is 1.96. The third-order valence-electron chi connectivity index (χ3n) is 2.86. The molecule has 1 aliphatic heterocycles. The van der Waals surface area contributed by atoms with Crippen LogP contribution >= 0.6 is 0 Å².